The quantitative estimate of drug-likeness (QED) is 0.711. The fourth-order valence-corrected chi connectivity index (χ4v) is 4.34. The van der Waals surface area contributed by atoms with Gasteiger partial charge in [0.05, 0.1) is 5.75 Å². The number of carbonyl (C=O) groups is 2. The summed E-state index contributed by atoms with van der Waals surface area (Å²) in [6, 6.07) is 8.14. The largest absolute Gasteiger partial charge is 0.369 e. The summed E-state index contributed by atoms with van der Waals surface area (Å²) in [5, 5.41) is 4.36. The average Bonchev–Trinajstić information content (AvgIpc) is 2.85. The molecule has 2 fully saturated rings. The highest BCUT2D eigenvalue weighted by Gasteiger charge is 2.36. The van der Waals surface area contributed by atoms with Crippen LogP contribution in [0.4, 0.5) is 10.5 Å². The fourth-order valence-electron chi connectivity index (χ4n) is 2.76. The molecule has 1 aromatic carbocycles. The highest BCUT2D eigenvalue weighted by molar-refractivity contribution is 7.89. The zero-order valence-corrected chi connectivity index (χ0v) is 13.3. The van der Waals surface area contributed by atoms with E-state index in [0.29, 0.717) is 26.2 Å². The van der Waals surface area contributed by atoms with Gasteiger partial charge >= 0.3 is 6.03 Å². The van der Waals surface area contributed by atoms with Crippen LogP contribution in [0.3, 0.4) is 0 Å². The molecule has 0 unspecified atom stereocenters. The molecule has 1 atom stereocenters. The van der Waals surface area contributed by atoms with Gasteiger partial charge in [-0.15, -0.1) is 0 Å². The third-order valence-electron chi connectivity index (χ3n) is 3.99. The van der Waals surface area contributed by atoms with Crippen molar-refractivity contribution in [2.24, 2.45) is 0 Å². The number of anilines is 1. The number of carbonyl (C=O) groups excluding carboxylic acids is 2. The molecule has 0 bridgehead atoms. The second-order valence-electron chi connectivity index (χ2n) is 5.52. The molecular weight excluding hydrogens is 320 g/mol. The summed E-state index contributed by atoms with van der Waals surface area (Å²) in [4.78, 5) is 24.7. The van der Waals surface area contributed by atoms with E-state index in [0.717, 1.165) is 5.69 Å². The molecule has 0 radical (unpaired) electrons. The maximum Gasteiger partial charge on any atom is 0.322 e. The molecule has 124 valence electrons. The molecule has 8 nitrogen and oxygen atoms in total. The van der Waals surface area contributed by atoms with Crippen molar-refractivity contribution in [2.75, 3.05) is 36.8 Å². The fraction of sp³-hybridized carbons (Fsp3) is 0.429. The van der Waals surface area contributed by atoms with Gasteiger partial charge in [0.25, 0.3) is 5.91 Å². The lowest BCUT2D eigenvalue weighted by atomic mass is 10.2. The summed E-state index contributed by atoms with van der Waals surface area (Å²) in [6.45, 7) is 1.90. The smallest absolute Gasteiger partial charge is 0.322 e. The number of piperazine rings is 1. The number of rotatable bonds is 4. The minimum Gasteiger partial charge on any atom is -0.369 e. The second kappa shape index (κ2) is 6.17. The van der Waals surface area contributed by atoms with E-state index in [1.165, 1.54) is 4.31 Å². The Morgan fingerprint density at radius 2 is 1.70 bits per heavy atom. The van der Waals surface area contributed by atoms with Gasteiger partial charge in [-0.25, -0.2) is 13.2 Å². The maximum absolute atomic E-state index is 12.4. The summed E-state index contributed by atoms with van der Waals surface area (Å²) < 4.78 is 26.2. The van der Waals surface area contributed by atoms with Crippen LogP contribution >= 0.6 is 0 Å². The van der Waals surface area contributed by atoms with E-state index in [-0.39, 0.29) is 0 Å². The summed E-state index contributed by atoms with van der Waals surface area (Å²) in [7, 11) is -3.60. The van der Waals surface area contributed by atoms with Gasteiger partial charge in [-0.3, -0.25) is 10.1 Å². The summed E-state index contributed by atoms with van der Waals surface area (Å²) in [6.07, 6.45) is 0. The van der Waals surface area contributed by atoms with Crippen molar-refractivity contribution in [1.82, 2.24) is 14.9 Å². The van der Waals surface area contributed by atoms with Crippen LogP contribution in [0.1, 0.15) is 0 Å². The van der Waals surface area contributed by atoms with Gasteiger partial charge in [-0.2, -0.15) is 4.31 Å². The Kier molecular flexibility index (Phi) is 4.22. The molecule has 0 spiro atoms. The predicted octanol–water partition coefficient (Wildman–Crippen LogP) is -0.654. The van der Waals surface area contributed by atoms with Crippen LogP contribution in [0.5, 0.6) is 0 Å². The second-order valence-corrected chi connectivity index (χ2v) is 7.53. The van der Waals surface area contributed by atoms with Crippen molar-refractivity contribution >= 4 is 27.6 Å². The van der Waals surface area contributed by atoms with Gasteiger partial charge in [0, 0.05) is 31.9 Å². The average molecular weight is 338 g/mol. The molecule has 2 aliphatic rings. The van der Waals surface area contributed by atoms with Crippen molar-refractivity contribution in [3.63, 3.8) is 0 Å². The van der Waals surface area contributed by atoms with Crippen molar-refractivity contribution in [2.45, 2.75) is 6.04 Å². The number of nitrogens with zero attached hydrogens (tertiary/aromatic N) is 2. The van der Waals surface area contributed by atoms with E-state index in [4.69, 9.17) is 0 Å². The Balaban J connectivity index is 1.60. The molecule has 0 aliphatic carbocycles. The standard InChI is InChI=1S/C14H18N4O4S/c19-13-12(15-14(20)16-13)10-23(21,22)18-8-6-17(7-9-18)11-4-2-1-3-5-11/h1-5,12H,6-10H2,(H2,15,16,19,20)/t12-/m1/s1. The third kappa shape index (κ3) is 3.45. The Morgan fingerprint density at radius 3 is 2.26 bits per heavy atom. The third-order valence-corrected chi connectivity index (χ3v) is 5.90. The molecule has 1 aromatic rings. The lowest BCUT2D eigenvalue weighted by molar-refractivity contribution is -0.119. The van der Waals surface area contributed by atoms with Crippen molar-refractivity contribution < 1.29 is 18.0 Å². The first kappa shape index (κ1) is 15.8. The van der Waals surface area contributed by atoms with E-state index >= 15 is 0 Å². The molecule has 2 saturated heterocycles. The molecule has 2 aliphatic heterocycles. The number of hydrogen-bond acceptors (Lipinski definition) is 5. The number of nitrogens with one attached hydrogen (secondary N) is 2. The summed E-state index contributed by atoms with van der Waals surface area (Å²) in [5.41, 5.74) is 1.06. The maximum atomic E-state index is 12.4. The Labute approximate surface area is 134 Å². The Hall–Kier alpha value is -2.13. The van der Waals surface area contributed by atoms with E-state index in [2.05, 4.69) is 10.2 Å². The number of amides is 3. The minimum atomic E-state index is -3.60. The molecule has 0 aromatic heterocycles. The van der Waals surface area contributed by atoms with Gasteiger partial charge in [0.1, 0.15) is 6.04 Å². The first-order chi connectivity index (χ1) is 11.0. The van der Waals surface area contributed by atoms with Crippen LogP contribution in [-0.2, 0) is 14.8 Å². The van der Waals surface area contributed by atoms with Crippen molar-refractivity contribution in [3.8, 4) is 0 Å². The van der Waals surface area contributed by atoms with Gasteiger partial charge in [-0.1, -0.05) is 18.2 Å². The van der Waals surface area contributed by atoms with E-state index in [1.807, 2.05) is 35.6 Å². The molecule has 9 heteroatoms. The molecule has 2 heterocycles. The van der Waals surface area contributed by atoms with Gasteiger partial charge < -0.3 is 10.2 Å². The molecule has 3 rings (SSSR count). The van der Waals surface area contributed by atoms with Crippen molar-refractivity contribution in [3.05, 3.63) is 30.3 Å². The number of hydrogen-bond donors (Lipinski definition) is 2. The Morgan fingerprint density at radius 1 is 1.04 bits per heavy atom. The lowest BCUT2D eigenvalue weighted by Crippen LogP contribution is -2.51. The van der Waals surface area contributed by atoms with Crippen molar-refractivity contribution in [1.29, 1.82) is 0 Å². The highest BCUT2D eigenvalue weighted by Crippen LogP contribution is 2.17. The first-order valence-electron chi connectivity index (χ1n) is 7.35. The zero-order chi connectivity index (χ0) is 16.4. The van der Waals surface area contributed by atoms with Crippen LogP contribution in [-0.4, -0.2) is 62.6 Å². The predicted molar refractivity (Wildman–Crippen MR) is 84.5 cm³/mol. The summed E-state index contributed by atoms with van der Waals surface area (Å²) >= 11 is 0. The number of para-hydroxylation sites is 1. The monoisotopic (exact) mass is 338 g/mol. The lowest BCUT2D eigenvalue weighted by Gasteiger charge is -2.35. The van der Waals surface area contributed by atoms with Crippen LogP contribution < -0.4 is 15.5 Å². The van der Waals surface area contributed by atoms with Gasteiger partial charge in [-0.05, 0) is 12.1 Å². The Bertz CT molecular complexity index is 699. The number of sulfonamides is 1. The van der Waals surface area contributed by atoms with E-state index < -0.39 is 33.8 Å². The van der Waals surface area contributed by atoms with E-state index in [1.54, 1.807) is 0 Å². The molecular formula is C14H18N4O4S. The van der Waals surface area contributed by atoms with Crippen LogP contribution in [0.15, 0.2) is 30.3 Å². The molecule has 23 heavy (non-hydrogen) atoms. The number of benzene rings is 1. The molecule has 2 N–H and O–H groups in total. The summed E-state index contributed by atoms with van der Waals surface area (Å²) in [5.74, 6) is -1.00. The SMILES string of the molecule is O=C1NC(=O)[C@@H](CS(=O)(=O)N2CCN(c3ccccc3)CC2)N1. The van der Waals surface area contributed by atoms with Crippen LogP contribution in [0.2, 0.25) is 0 Å². The topological polar surface area (TPSA) is 98.8 Å². The van der Waals surface area contributed by atoms with Gasteiger partial charge in [0.15, 0.2) is 0 Å². The normalized spacial score (nSPS) is 22.8. The zero-order valence-electron chi connectivity index (χ0n) is 12.4. The van der Waals surface area contributed by atoms with Crippen LogP contribution in [0, 0.1) is 0 Å². The molecule has 3 amide bonds. The number of urea groups is 1. The van der Waals surface area contributed by atoms with Gasteiger partial charge in [0.2, 0.25) is 10.0 Å². The highest BCUT2D eigenvalue weighted by atomic mass is 32.2. The van der Waals surface area contributed by atoms with E-state index in [9.17, 15) is 18.0 Å². The molecule has 0 saturated carbocycles. The number of imide groups is 1. The minimum absolute atomic E-state index is 0.361. The van der Waals surface area contributed by atoms with Crippen LogP contribution in [0.25, 0.3) is 0 Å². The first-order valence-corrected chi connectivity index (χ1v) is 8.96.